The number of hydrogen-bond donors (Lipinski definition) is 2. The molecule has 0 saturated carbocycles. The van der Waals surface area contributed by atoms with E-state index < -0.39 is 58.7 Å². The van der Waals surface area contributed by atoms with Crippen LogP contribution in [0.5, 0.6) is 0 Å². The fourth-order valence-electron chi connectivity index (χ4n) is 4.58. The fraction of sp³-hybridized carbons (Fsp3) is 0.391. The van der Waals surface area contributed by atoms with Gasteiger partial charge in [-0.3, -0.25) is 9.59 Å². The highest BCUT2D eigenvalue weighted by molar-refractivity contribution is 6.04. The minimum absolute atomic E-state index is 0.171. The molecule has 2 amide bonds. The third kappa shape index (κ3) is 3.97. The van der Waals surface area contributed by atoms with Crippen LogP contribution in [0.4, 0.5) is 23.2 Å². The molecular weight excluding hydrogens is 428 g/mol. The van der Waals surface area contributed by atoms with Gasteiger partial charge in [-0.15, -0.1) is 0 Å². The van der Waals surface area contributed by atoms with E-state index in [2.05, 4.69) is 5.32 Å². The number of aryl methyl sites for hydroxylation is 1. The van der Waals surface area contributed by atoms with Crippen LogP contribution in [0.25, 0.3) is 0 Å². The quantitative estimate of drug-likeness (QED) is 0.689. The number of nitrogens with zero attached hydrogens (tertiary/aromatic N) is 1. The van der Waals surface area contributed by atoms with Crippen molar-refractivity contribution in [2.75, 3.05) is 5.32 Å². The molecule has 4 rings (SSSR count). The van der Waals surface area contributed by atoms with E-state index in [9.17, 15) is 23.5 Å². The van der Waals surface area contributed by atoms with E-state index in [1.165, 1.54) is 19.1 Å². The van der Waals surface area contributed by atoms with Crippen molar-refractivity contribution in [3.63, 3.8) is 0 Å². The van der Waals surface area contributed by atoms with Crippen LogP contribution in [0.3, 0.4) is 0 Å². The van der Waals surface area contributed by atoms with Gasteiger partial charge in [-0.2, -0.15) is 8.78 Å². The van der Waals surface area contributed by atoms with Gasteiger partial charge in [0.15, 0.2) is 0 Å². The molecule has 2 N–H and O–H groups in total. The molecule has 170 valence electrons. The Kier molecular flexibility index (Phi) is 5.70. The number of rotatable bonds is 4. The van der Waals surface area contributed by atoms with Gasteiger partial charge in [0.2, 0.25) is 0 Å². The van der Waals surface area contributed by atoms with Crippen LogP contribution in [0.2, 0.25) is 0 Å². The standard InChI is InChI=1S/C23H22F4N2O3/c1-12-8-14(3-7-19(12)24)28-21(31)18-9-13(2-6-20(18)25)23(26,27)22(32)29-15-4-5-16(29)11-17(30)10-15/h2-3,6-9,15-17,30H,4-5,10-11H2,1H3,(H,28,31)/t15-,16+,17+. The van der Waals surface area contributed by atoms with E-state index in [-0.39, 0.29) is 24.1 Å². The molecule has 2 aromatic carbocycles. The summed E-state index contributed by atoms with van der Waals surface area (Å²) in [5.41, 5.74) is -1.04. The van der Waals surface area contributed by atoms with Gasteiger partial charge in [-0.25, -0.2) is 8.78 Å². The normalized spacial score (nSPS) is 22.7. The van der Waals surface area contributed by atoms with E-state index in [0.717, 1.165) is 23.1 Å². The van der Waals surface area contributed by atoms with Crippen LogP contribution < -0.4 is 5.32 Å². The predicted molar refractivity (Wildman–Crippen MR) is 108 cm³/mol. The van der Waals surface area contributed by atoms with Gasteiger partial charge < -0.3 is 15.3 Å². The van der Waals surface area contributed by atoms with Crippen LogP contribution in [0.1, 0.15) is 47.2 Å². The van der Waals surface area contributed by atoms with Gasteiger partial charge in [-0.05, 0) is 74.6 Å². The zero-order valence-corrected chi connectivity index (χ0v) is 17.2. The molecule has 0 aromatic heterocycles. The van der Waals surface area contributed by atoms with Crippen LogP contribution >= 0.6 is 0 Å². The minimum Gasteiger partial charge on any atom is -0.393 e. The van der Waals surface area contributed by atoms with Crippen molar-refractivity contribution in [1.82, 2.24) is 4.90 Å². The number of hydrogen-bond acceptors (Lipinski definition) is 3. The second kappa shape index (κ2) is 8.20. The second-order valence-corrected chi connectivity index (χ2v) is 8.41. The Morgan fingerprint density at radius 2 is 1.66 bits per heavy atom. The smallest absolute Gasteiger partial charge is 0.350 e. The Bertz CT molecular complexity index is 1060. The van der Waals surface area contributed by atoms with Crippen LogP contribution in [0, 0.1) is 18.6 Å². The molecular formula is C23H22F4N2O3. The maximum Gasteiger partial charge on any atom is 0.350 e. The number of halogens is 4. The topological polar surface area (TPSA) is 69.6 Å². The summed E-state index contributed by atoms with van der Waals surface area (Å²) in [6.45, 7) is 1.48. The molecule has 2 aliphatic heterocycles. The van der Waals surface area contributed by atoms with Gasteiger partial charge in [0, 0.05) is 23.3 Å². The Morgan fingerprint density at radius 3 is 2.28 bits per heavy atom. The molecule has 2 aliphatic rings. The number of aliphatic hydroxyl groups is 1. The van der Waals surface area contributed by atoms with E-state index in [1.807, 2.05) is 0 Å². The number of aliphatic hydroxyl groups excluding tert-OH is 1. The number of carbonyl (C=O) groups is 2. The molecule has 0 spiro atoms. The number of nitrogens with one attached hydrogen (secondary N) is 1. The zero-order chi connectivity index (χ0) is 23.2. The molecule has 2 saturated heterocycles. The van der Waals surface area contributed by atoms with Crippen molar-refractivity contribution < 1.29 is 32.3 Å². The average molecular weight is 450 g/mol. The highest BCUT2D eigenvalue weighted by Gasteiger charge is 2.52. The molecule has 0 unspecified atom stereocenters. The highest BCUT2D eigenvalue weighted by Crippen LogP contribution is 2.41. The summed E-state index contributed by atoms with van der Waals surface area (Å²) in [7, 11) is 0. The van der Waals surface area contributed by atoms with Gasteiger partial charge in [0.1, 0.15) is 11.6 Å². The lowest BCUT2D eigenvalue weighted by Gasteiger charge is -2.38. The molecule has 2 aromatic rings. The first-order chi connectivity index (χ1) is 15.1. The zero-order valence-electron chi connectivity index (χ0n) is 17.2. The molecule has 2 bridgehead atoms. The van der Waals surface area contributed by atoms with Crippen molar-refractivity contribution in [1.29, 1.82) is 0 Å². The Balaban J connectivity index is 1.59. The van der Waals surface area contributed by atoms with Crippen LogP contribution in [-0.4, -0.2) is 40.0 Å². The monoisotopic (exact) mass is 450 g/mol. The fourth-order valence-corrected chi connectivity index (χ4v) is 4.58. The Morgan fingerprint density at radius 1 is 1.03 bits per heavy atom. The number of alkyl halides is 2. The Hall–Kier alpha value is -2.94. The molecule has 0 aliphatic carbocycles. The van der Waals surface area contributed by atoms with E-state index in [0.29, 0.717) is 18.9 Å². The molecule has 3 atom stereocenters. The summed E-state index contributed by atoms with van der Waals surface area (Å²) in [5, 5.41) is 12.2. The van der Waals surface area contributed by atoms with Crippen molar-refractivity contribution in [3.05, 3.63) is 64.7 Å². The summed E-state index contributed by atoms with van der Waals surface area (Å²) in [6, 6.07) is 4.95. The minimum atomic E-state index is -3.97. The maximum atomic E-state index is 15.2. The van der Waals surface area contributed by atoms with E-state index >= 15 is 8.78 Å². The summed E-state index contributed by atoms with van der Waals surface area (Å²) in [4.78, 5) is 26.4. The van der Waals surface area contributed by atoms with E-state index in [4.69, 9.17) is 0 Å². The Labute approximate surface area is 182 Å². The van der Waals surface area contributed by atoms with Crippen molar-refractivity contribution in [3.8, 4) is 0 Å². The summed E-state index contributed by atoms with van der Waals surface area (Å²) in [6.07, 6.45) is 0.940. The predicted octanol–water partition coefficient (Wildman–Crippen LogP) is 4.13. The highest BCUT2D eigenvalue weighted by atomic mass is 19.3. The lowest BCUT2D eigenvalue weighted by Crippen LogP contribution is -2.52. The first-order valence-electron chi connectivity index (χ1n) is 10.3. The summed E-state index contributed by atoms with van der Waals surface area (Å²) < 4.78 is 58.0. The number of carbonyl (C=O) groups excluding carboxylic acids is 2. The molecule has 2 heterocycles. The third-order valence-electron chi connectivity index (χ3n) is 6.20. The largest absolute Gasteiger partial charge is 0.393 e. The molecule has 2 fully saturated rings. The lowest BCUT2D eigenvalue weighted by atomic mass is 9.97. The maximum absolute atomic E-state index is 15.2. The number of amides is 2. The average Bonchev–Trinajstić information content (AvgIpc) is 3.00. The number of piperidine rings is 1. The van der Waals surface area contributed by atoms with Gasteiger partial charge in [-0.1, -0.05) is 0 Å². The van der Waals surface area contributed by atoms with Crippen LogP contribution in [-0.2, 0) is 10.7 Å². The van der Waals surface area contributed by atoms with Gasteiger partial charge >= 0.3 is 5.92 Å². The number of anilines is 1. The SMILES string of the molecule is Cc1cc(NC(=O)c2cc(C(F)(F)C(=O)N3[C@@H]4CC[C@H]3C[C@@H](O)C4)ccc2F)ccc1F. The van der Waals surface area contributed by atoms with Crippen LogP contribution in [0.15, 0.2) is 36.4 Å². The second-order valence-electron chi connectivity index (χ2n) is 8.41. The molecule has 9 heteroatoms. The third-order valence-corrected chi connectivity index (χ3v) is 6.20. The molecule has 32 heavy (non-hydrogen) atoms. The molecule has 0 radical (unpaired) electrons. The lowest BCUT2D eigenvalue weighted by molar-refractivity contribution is -0.165. The van der Waals surface area contributed by atoms with Crippen molar-refractivity contribution in [2.24, 2.45) is 0 Å². The number of benzene rings is 2. The van der Waals surface area contributed by atoms with Crippen molar-refractivity contribution >= 4 is 17.5 Å². The molecule has 5 nitrogen and oxygen atoms in total. The summed E-state index contributed by atoms with van der Waals surface area (Å²) >= 11 is 0. The van der Waals surface area contributed by atoms with Gasteiger partial charge in [0.05, 0.1) is 11.7 Å². The van der Waals surface area contributed by atoms with Crippen molar-refractivity contribution in [2.45, 2.75) is 56.7 Å². The number of fused-ring (bicyclic) bond motifs is 2. The first-order valence-corrected chi connectivity index (χ1v) is 10.3. The summed E-state index contributed by atoms with van der Waals surface area (Å²) in [5.74, 6) is -7.91. The van der Waals surface area contributed by atoms with E-state index in [1.54, 1.807) is 0 Å². The van der Waals surface area contributed by atoms with Gasteiger partial charge in [0.25, 0.3) is 11.8 Å². The first kappa shape index (κ1) is 22.3.